The second-order valence-corrected chi connectivity index (χ2v) is 7.15. The van der Waals surface area contributed by atoms with Crippen molar-refractivity contribution in [3.63, 3.8) is 0 Å². The van der Waals surface area contributed by atoms with Crippen LogP contribution >= 0.6 is 0 Å². The number of aromatic nitrogens is 1. The summed E-state index contributed by atoms with van der Waals surface area (Å²) in [6.07, 6.45) is 1.60. The Kier molecular flexibility index (Phi) is 5.42. The molecule has 6 heteroatoms. The lowest BCUT2D eigenvalue weighted by molar-refractivity contribution is 0.102. The van der Waals surface area contributed by atoms with E-state index in [1.54, 1.807) is 18.3 Å². The number of benzene rings is 2. The summed E-state index contributed by atoms with van der Waals surface area (Å²) in [6, 6.07) is 18.2. The lowest BCUT2D eigenvalue weighted by Crippen LogP contribution is -2.47. The highest BCUT2D eigenvalue weighted by atomic mass is 19.1. The molecule has 1 N–H and O–H groups in total. The van der Waals surface area contributed by atoms with Gasteiger partial charge in [-0.1, -0.05) is 29.8 Å². The molecular weight excluding hydrogens is 367 g/mol. The van der Waals surface area contributed by atoms with Crippen molar-refractivity contribution in [2.24, 2.45) is 0 Å². The number of aryl methyl sites for hydroxylation is 1. The van der Waals surface area contributed by atoms with Crippen LogP contribution in [-0.2, 0) is 0 Å². The molecule has 1 aliphatic heterocycles. The molecule has 148 valence electrons. The molecule has 0 unspecified atom stereocenters. The number of piperazine rings is 1. The van der Waals surface area contributed by atoms with E-state index in [-0.39, 0.29) is 11.7 Å². The third-order valence-corrected chi connectivity index (χ3v) is 5.12. The molecule has 3 aromatic rings. The molecule has 1 amide bonds. The molecule has 0 atom stereocenters. The van der Waals surface area contributed by atoms with Crippen molar-refractivity contribution in [2.45, 2.75) is 6.92 Å². The molecule has 2 heterocycles. The largest absolute Gasteiger partial charge is 0.366 e. The van der Waals surface area contributed by atoms with Gasteiger partial charge in [0.15, 0.2) is 0 Å². The van der Waals surface area contributed by atoms with Crippen LogP contribution in [0.4, 0.5) is 21.6 Å². The molecule has 0 saturated carbocycles. The molecule has 1 fully saturated rings. The second-order valence-electron chi connectivity index (χ2n) is 7.15. The summed E-state index contributed by atoms with van der Waals surface area (Å²) in [4.78, 5) is 21.1. The van der Waals surface area contributed by atoms with E-state index in [1.807, 2.05) is 49.4 Å². The fraction of sp³-hybridized carbons (Fsp3) is 0.217. The number of carbonyl (C=O) groups is 1. The van der Waals surface area contributed by atoms with Crippen molar-refractivity contribution >= 4 is 23.1 Å². The fourth-order valence-corrected chi connectivity index (χ4v) is 3.43. The van der Waals surface area contributed by atoms with Crippen LogP contribution in [-0.4, -0.2) is 37.1 Å². The third-order valence-electron chi connectivity index (χ3n) is 5.12. The molecule has 0 spiro atoms. The van der Waals surface area contributed by atoms with Crippen molar-refractivity contribution in [1.29, 1.82) is 0 Å². The minimum Gasteiger partial charge on any atom is -0.366 e. The number of nitrogens with one attached hydrogen (secondary N) is 1. The first-order valence-electron chi connectivity index (χ1n) is 9.69. The minimum atomic E-state index is -0.192. The van der Waals surface area contributed by atoms with Crippen molar-refractivity contribution in [2.75, 3.05) is 41.3 Å². The van der Waals surface area contributed by atoms with Gasteiger partial charge in [-0.2, -0.15) is 0 Å². The number of hydrogen-bond donors (Lipinski definition) is 1. The van der Waals surface area contributed by atoms with Gasteiger partial charge >= 0.3 is 0 Å². The molecule has 2 aromatic carbocycles. The fourth-order valence-electron chi connectivity index (χ4n) is 3.43. The van der Waals surface area contributed by atoms with Gasteiger partial charge in [-0.15, -0.1) is 0 Å². The Morgan fingerprint density at radius 1 is 0.931 bits per heavy atom. The molecule has 4 rings (SSSR count). The minimum absolute atomic E-state index is 0.183. The van der Waals surface area contributed by atoms with E-state index in [0.29, 0.717) is 11.3 Å². The molecule has 0 aliphatic carbocycles. The van der Waals surface area contributed by atoms with Gasteiger partial charge in [0.2, 0.25) is 0 Å². The monoisotopic (exact) mass is 390 g/mol. The number of amides is 1. The van der Waals surface area contributed by atoms with Crippen LogP contribution in [0, 0.1) is 12.7 Å². The zero-order valence-electron chi connectivity index (χ0n) is 16.3. The summed E-state index contributed by atoms with van der Waals surface area (Å²) in [5.74, 6) is 0.449. The smallest absolute Gasteiger partial charge is 0.257 e. The lowest BCUT2D eigenvalue weighted by atomic mass is 10.2. The first-order valence-corrected chi connectivity index (χ1v) is 9.69. The summed E-state index contributed by atoms with van der Waals surface area (Å²) in [5, 5.41) is 2.88. The highest BCUT2D eigenvalue weighted by Crippen LogP contribution is 2.22. The maximum atomic E-state index is 14.0. The van der Waals surface area contributed by atoms with E-state index in [0.717, 1.165) is 43.2 Å². The number of rotatable bonds is 4. The summed E-state index contributed by atoms with van der Waals surface area (Å²) in [6.45, 7) is 4.94. The average molecular weight is 390 g/mol. The molecule has 0 radical (unpaired) electrons. The van der Waals surface area contributed by atoms with Gasteiger partial charge in [-0.25, -0.2) is 9.37 Å². The summed E-state index contributed by atoms with van der Waals surface area (Å²) >= 11 is 0. The van der Waals surface area contributed by atoms with E-state index in [2.05, 4.69) is 20.1 Å². The maximum Gasteiger partial charge on any atom is 0.257 e. The van der Waals surface area contributed by atoms with Crippen molar-refractivity contribution in [3.05, 3.63) is 83.8 Å². The maximum absolute atomic E-state index is 14.0. The summed E-state index contributed by atoms with van der Waals surface area (Å²) in [5.41, 5.74) is 3.06. The standard InChI is InChI=1S/C23H23FN4O/c1-17-6-9-19(10-7-17)26-23(29)18-8-11-22(25-16-18)28-14-12-27(13-15-28)21-5-3-2-4-20(21)24/h2-11,16H,12-15H2,1H3,(H,26,29). The number of anilines is 3. The van der Waals surface area contributed by atoms with Gasteiger partial charge in [-0.05, 0) is 43.3 Å². The van der Waals surface area contributed by atoms with Gasteiger partial charge in [0.05, 0.1) is 11.3 Å². The first kappa shape index (κ1) is 18.9. The predicted molar refractivity (Wildman–Crippen MR) is 114 cm³/mol. The van der Waals surface area contributed by atoms with Crippen molar-refractivity contribution in [1.82, 2.24) is 4.98 Å². The highest BCUT2D eigenvalue weighted by molar-refractivity contribution is 6.04. The van der Waals surface area contributed by atoms with E-state index in [9.17, 15) is 9.18 Å². The SMILES string of the molecule is Cc1ccc(NC(=O)c2ccc(N3CCN(c4ccccc4F)CC3)nc2)cc1. The van der Waals surface area contributed by atoms with Crippen molar-refractivity contribution < 1.29 is 9.18 Å². The Morgan fingerprint density at radius 2 is 1.62 bits per heavy atom. The van der Waals surface area contributed by atoms with Gasteiger partial charge in [0.25, 0.3) is 5.91 Å². The second kappa shape index (κ2) is 8.31. The summed E-state index contributed by atoms with van der Waals surface area (Å²) < 4.78 is 14.0. The number of carbonyl (C=O) groups excluding carboxylic acids is 1. The van der Waals surface area contributed by atoms with E-state index >= 15 is 0 Å². The Hall–Kier alpha value is -3.41. The number of halogens is 1. The van der Waals surface area contributed by atoms with E-state index in [1.165, 1.54) is 6.07 Å². The van der Waals surface area contributed by atoms with Crippen molar-refractivity contribution in [3.8, 4) is 0 Å². The predicted octanol–water partition coefficient (Wildman–Crippen LogP) is 4.11. The number of hydrogen-bond acceptors (Lipinski definition) is 4. The summed E-state index contributed by atoms with van der Waals surface area (Å²) in [7, 11) is 0. The van der Waals surface area contributed by atoms with Crippen LogP contribution in [0.5, 0.6) is 0 Å². The van der Waals surface area contributed by atoms with Gasteiger partial charge in [0.1, 0.15) is 11.6 Å². The lowest BCUT2D eigenvalue weighted by Gasteiger charge is -2.36. The van der Waals surface area contributed by atoms with Crippen LogP contribution in [0.3, 0.4) is 0 Å². The number of nitrogens with zero attached hydrogens (tertiary/aromatic N) is 3. The number of pyridine rings is 1. The van der Waals surface area contributed by atoms with Crippen LogP contribution in [0.2, 0.25) is 0 Å². The number of para-hydroxylation sites is 1. The highest BCUT2D eigenvalue weighted by Gasteiger charge is 2.20. The Morgan fingerprint density at radius 3 is 2.28 bits per heavy atom. The third kappa shape index (κ3) is 4.37. The zero-order valence-corrected chi connectivity index (χ0v) is 16.3. The molecule has 0 bridgehead atoms. The van der Waals surface area contributed by atoms with Crippen LogP contribution in [0.15, 0.2) is 66.9 Å². The Balaban J connectivity index is 1.36. The normalized spacial score (nSPS) is 14.0. The topological polar surface area (TPSA) is 48.5 Å². The zero-order chi connectivity index (χ0) is 20.2. The van der Waals surface area contributed by atoms with Gasteiger partial charge in [0, 0.05) is 38.1 Å². The molecule has 1 aliphatic rings. The average Bonchev–Trinajstić information content (AvgIpc) is 2.76. The molecule has 1 saturated heterocycles. The first-order chi connectivity index (χ1) is 14.1. The van der Waals surface area contributed by atoms with Crippen LogP contribution < -0.4 is 15.1 Å². The Labute approximate surface area is 169 Å². The Bertz CT molecular complexity index is 981. The molecule has 5 nitrogen and oxygen atoms in total. The quantitative estimate of drug-likeness (QED) is 0.728. The van der Waals surface area contributed by atoms with Crippen LogP contribution in [0.1, 0.15) is 15.9 Å². The van der Waals surface area contributed by atoms with E-state index in [4.69, 9.17) is 0 Å². The molecule has 1 aromatic heterocycles. The molecular formula is C23H23FN4O. The van der Waals surface area contributed by atoms with Crippen LogP contribution in [0.25, 0.3) is 0 Å². The van der Waals surface area contributed by atoms with E-state index < -0.39 is 0 Å². The molecule has 29 heavy (non-hydrogen) atoms. The van der Waals surface area contributed by atoms with Gasteiger partial charge < -0.3 is 15.1 Å². The van der Waals surface area contributed by atoms with Gasteiger partial charge in [-0.3, -0.25) is 4.79 Å².